The molecule has 2 aromatic rings. The number of aliphatic imine (C=N–C) groups is 1. The topological polar surface area (TPSA) is 104 Å². The van der Waals surface area contributed by atoms with Gasteiger partial charge in [-0.2, -0.15) is 17.6 Å². The second kappa shape index (κ2) is 12.5. The van der Waals surface area contributed by atoms with Crippen molar-refractivity contribution in [1.82, 2.24) is 14.9 Å². The first-order valence-electron chi connectivity index (χ1n) is 12.7. The zero-order chi connectivity index (χ0) is 30.8. The number of guanidine groups is 1. The number of anilines is 2. The molecule has 4 rings (SSSR count). The number of rotatable bonds is 7. The number of ether oxygens (including phenoxy) is 2. The number of hydrogen-bond donors (Lipinski definition) is 1. The van der Waals surface area contributed by atoms with Gasteiger partial charge in [-0.05, 0) is 37.0 Å². The summed E-state index contributed by atoms with van der Waals surface area (Å²) in [5.41, 5.74) is -1.17. The van der Waals surface area contributed by atoms with Gasteiger partial charge >= 0.3 is 12.1 Å². The molecule has 10 nitrogen and oxygen atoms in total. The number of carboxylic acids is 1. The zero-order valence-corrected chi connectivity index (χ0v) is 24.2. The SMILES string of the molecule is C=C1/C(=C(/F)SC)N=C(N2CCN(c3cc(OC)ncn3)[C@H](C)C2)N(c2cc(C(F)(F)F)ccc2OC)[C@H]1CC(=O)O. The van der Waals surface area contributed by atoms with Crippen LogP contribution in [0.1, 0.15) is 18.9 Å². The van der Waals surface area contributed by atoms with E-state index in [4.69, 9.17) is 9.47 Å². The van der Waals surface area contributed by atoms with E-state index in [0.29, 0.717) is 31.3 Å². The van der Waals surface area contributed by atoms with Gasteiger partial charge < -0.3 is 29.3 Å². The van der Waals surface area contributed by atoms with Gasteiger partial charge in [0.25, 0.3) is 0 Å². The molecule has 0 spiro atoms. The molecule has 1 N–H and O–H groups in total. The number of carbonyl (C=O) groups is 1. The average molecular weight is 611 g/mol. The number of halogens is 4. The Morgan fingerprint density at radius 1 is 1.19 bits per heavy atom. The van der Waals surface area contributed by atoms with E-state index in [1.807, 2.05) is 11.8 Å². The van der Waals surface area contributed by atoms with Gasteiger partial charge in [-0.25, -0.2) is 15.0 Å². The summed E-state index contributed by atoms with van der Waals surface area (Å²) in [6.45, 7) is 6.85. The summed E-state index contributed by atoms with van der Waals surface area (Å²) in [5.74, 6) is -0.125. The minimum atomic E-state index is -4.69. The number of piperazine rings is 1. The highest BCUT2D eigenvalue weighted by molar-refractivity contribution is 8.02. The molecule has 2 aliphatic rings. The van der Waals surface area contributed by atoms with Crippen molar-refractivity contribution in [2.45, 2.75) is 31.6 Å². The molecule has 3 heterocycles. The largest absolute Gasteiger partial charge is 0.495 e. The number of benzene rings is 1. The molecule has 0 bridgehead atoms. The number of aromatic nitrogens is 2. The van der Waals surface area contributed by atoms with E-state index in [-0.39, 0.29) is 34.7 Å². The lowest BCUT2D eigenvalue weighted by Crippen LogP contribution is -2.60. The van der Waals surface area contributed by atoms with Crippen LogP contribution in [0.5, 0.6) is 11.6 Å². The second-order valence-corrected chi connectivity index (χ2v) is 10.3. The third kappa shape index (κ3) is 6.25. The molecular weight excluding hydrogens is 580 g/mol. The Labute approximate surface area is 244 Å². The maximum atomic E-state index is 15.1. The smallest absolute Gasteiger partial charge is 0.416 e. The first kappa shape index (κ1) is 30.9. The predicted octanol–water partition coefficient (Wildman–Crippen LogP) is 4.80. The van der Waals surface area contributed by atoms with Crippen LogP contribution in [0.4, 0.5) is 29.1 Å². The van der Waals surface area contributed by atoms with Gasteiger partial charge in [-0.3, -0.25) is 4.79 Å². The Morgan fingerprint density at radius 3 is 2.52 bits per heavy atom. The highest BCUT2D eigenvalue weighted by atomic mass is 32.2. The first-order chi connectivity index (χ1) is 19.9. The predicted molar refractivity (Wildman–Crippen MR) is 152 cm³/mol. The van der Waals surface area contributed by atoms with E-state index in [1.54, 1.807) is 11.0 Å². The quantitative estimate of drug-likeness (QED) is 0.440. The summed E-state index contributed by atoms with van der Waals surface area (Å²) >= 11 is 0.770. The number of methoxy groups -OCH3 is 2. The van der Waals surface area contributed by atoms with E-state index < -0.39 is 35.3 Å². The van der Waals surface area contributed by atoms with Gasteiger partial charge in [0, 0.05) is 31.7 Å². The minimum absolute atomic E-state index is 0.0206. The summed E-state index contributed by atoms with van der Waals surface area (Å²) < 4.78 is 67.3. The molecule has 0 radical (unpaired) electrons. The van der Waals surface area contributed by atoms with E-state index in [0.717, 1.165) is 30.0 Å². The molecule has 0 saturated carbocycles. The third-order valence-corrected chi connectivity index (χ3v) is 7.54. The Balaban J connectivity index is 1.85. The van der Waals surface area contributed by atoms with E-state index >= 15 is 4.39 Å². The number of thioether (sulfide) groups is 1. The summed E-state index contributed by atoms with van der Waals surface area (Å²) in [6, 6.07) is 3.23. The van der Waals surface area contributed by atoms with E-state index in [9.17, 15) is 23.1 Å². The lowest BCUT2D eigenvalue weighted by atomic mass is 9.97. The van der Waals surface area contributed by atoms with Gasteiger partial charge in [-0.15, -0.1) is 0 Å². The molecule has 1 aromatic carbocycles. The van der Waals surface area contributed by atoms with Crippen molar-refractivity contribution >= 4 is 35.2 Å². The fourth-order valence-corrected chi connectivity index (χ4v) is 5.33. The van der Waals surface area contributed by atoms with Gasteiger partial charge in [-0.1, -0.05) is 18.3 Å². The van der Waals surface area contributed by atoms with E-state index in [2.05, 4.69) is 21.5 Å². The van der Waals surface area contributed by atoms with Crippen LogP contribution < -0.4 is 19.3 Å². The van der Waals surface area contributed by atoms with Crippen molar-refractivity contribution < 1.29 is 36.9 Å². The van der Waals surface area contributed by atoms with Crippen molar-refractivity contribution in [3.8, 4) is 11.6 Å². The van der Waals surface area contributed by atoms with Crippen LogP contribution in [-0.2, 0) is 11.0 Å². The third-order valence-electron chi connectivity index (χ3n) is 6.99. The maximum absolute atomic E-state index is 15.1. The van der Waals surface area contributed by atoms with Crippen LogP contribution in [0.15, 0.2) is 58.6 Å². The van der Waals surface area contributed by atoms with Crippen LogP contribution in [0.3, 0.4) is 0 Å². The average Bonchev–Trinajstić information content (AvgIpc) is 2.96. The van der Waals surface area contributed by atoms with Gasteiger partial charge in [0.15, 0.2) is 5.16 Å². The Hall–Kier alpha value is -4.01. The standard InChI is InChI=1S/C27H30F4N6O4S/c1-15-13-35(8-9-36(15)21-12-22(41-4)33-14-32-21)26-34-24(25(28)42-5)16(2)18(11-23(38)39)37(26)19-10-17(27(29,30)31)6-7-20(19)40-3/h6-7,10,12,14-15,18H,2,8-9,11,13H2,1,3-5H3,(H,38,39)/b25-24+/t15-,18+/m1/s1. The molecule has 0 unspecified atom stereocenters. The molecule has 1 saturated heterocycles. The van der Waals surface area contributed by atoms with Crippen LogP contribution >= 0.6 is 11.8 Å². The Morgan fingerprint density at radius 2 is 1.93 bits per heavy atom. The molecule has 2 aliphatic heterocycles. The van der Waals surface area contributed by atoms with E-state index in [1.165, 1.54) is 31.7 Å². The van der Waals surface area contributed by atoms with Crippen molar-refractivity contribution in [3.63, 3.8) is 0 Å². The monoisotopic (exact) mass is 610 g/mol. The fourth-order valence-electron chi connectivity index (χ4n) is 4.96. The van der Waals surface area contributed by atoms with Crippen molar-refractivity contribution in [3.05, 3.63) is 59.2 Å². The normalized spacial score (nSPS) is 20.8. The molecule has 226 valence electrons. The van der Waals surface area contributed by atoms with Crippen LogP contribution in [-0.4, -0.2) is 84.1 Å². The molecule has 2 atom stereocenters. The summed E-state index contributed by atoms with van der Waals surface area (Å²) in [5, 5.41) is 9.11. The summed E-state index contributed by atoms with van der Waals surface area (Å²) in [6.07, 6.45) is -2.40. The molecule has 1 aromatic heterocycles. The molecule has 0 aliphatic carbocycles. The lowest BCUT2D eigenvalue weighted by Gasteiger charge is -2.47. The molecule has 15 heteroatoms. The number of aliphatic carboxylic acids is 1. The number of carboxylic acid groups (broad SMARTS) is 1. The second-order valence-electron chi connectivity index (χ2n) is 9.54. The highest BCUT2D eigenvalue weighted by Gasteiger charge is 2.42. The molecule has 42 heavy (non-hydrogen) atoms. The number of hydrogen-bond acceptors (Lipinski definition) is 10. The summed E-state index contributed by atoms with van der Waals surface area (Å²) in [7, 11) is 2.79. The summed E-state index contributed by atoms with van der Waals surface area (Å²) in [4.78, 5) is 30.1. The number of nitrogens with zero attached hydrogens (tertiary/aromatic N) is 6. The lowest BCUT2D eigenvalue weighted by molar-refractivity contribution is -0.138. The zero-order valence-electron chi connectivity index (χ0n) is 23.4. The van der Waals surface area contributed by atoms with Gasteiger partial charge in [0.05, 0.1) is 37.9 Å². The van der Waals surface area contributed by atoms with Crippen molar-refractivity contribution in [1.29, 1.82) is 0 Å². The van der Waals surface area contributed by atoms with Crippen LogP contribution in [0, 0.1) is 0 Å². The Bertz CT molecular complexity index is 1420. The molecule has 1 fully saturated rings. The minimum Gasteiger partial charge on any atom is -0.495 e. The van der Waals surface area contributed by atoms with Gasteiger partial charge in [0.1, 0.15) is 23.6 Å². The van der Waals surface area contributed by atoms with Crippen molar-refractivity contribution in [2.75, 3.05) is 49.9 Å². The fraction of sp³-hybridized carbons (Fsp3) is 0.407. The maximum Gasteiger partial charge on any atom is 0.416 e. The first-order valence-corrected chi connectivity index (χ1v) is 14.0. The number of alkyl halides is 3. The van der Waals surface area contributed by atoms with Gasteiger partial charge in [0.2, 0.25) is 11.8 Å². The van der Waals surface area contributed by atoms with Crippen LogP contribution in [0.25, 0.3) is 0 Å². The van der Waals surface area contributed by atoms with Crippen molar-refractivity contribution in [2.24, 2.45) is 4.99 Å². The molecule has 0 amide bonds. The highest BCUT2D eigenvalue weighted by Crippen LogP contribution is 2.43. The van der Waals surface area contributed by atoms with Crippen LogP contribution in [0.2, 0.25) is 0 Å². The molecular formula is C27H30F4N6O4S. The Kier molecular flexibility index (Phi) is 9.18.